The molecule has 0 amide bonds. The summed E-state index contributed by atoms with van der Waals surface area (Å²) in [6.07, 6.45) is 4.41. The van der Waals surface area contributed by atoms with E-state index >= 15 is 0 Å². The third-order valence-corrected chi connectivity index (χ3v) is 3.79. The van der Waals surface area contributed by atoms with Crippen molar-refractivity contribution in [3.63, 3.8) is 0 Å². The molecule has 0 aliphatic carbocycles. The van der Waals surface area contributed by atoms with E-state index in [2.05, 4.69) is 31.3 Å². The summed E-state index contributed by atoms with van der Waals surface area (Å²) in [4.78, 5) is 4.36. The number of pyridine rings is 1. The van der Waals surface area contributed by atoms with Gasteiger partial charge < -0.3 is 5.32 Å². The van der Waals surface area contributed by atoms with Gasteiger partial charge in [0.15, 0.2) is 5.65 Å². The maximum atomic E-state index is 11.0. The molecule has 0 aromatic carbocycles. The molecule has 2 rings (SSSR count). The van der Waals surface area contributed by atoms with E-state index in [-0.39, 0.29) is 6.04 Å². The van der Waals surface area contributed by atoms with Crippen molar-refractivity contribution < 1.29 is 4.21 Å². The number of hydrogen-bond donors (Lipinski definition) is 1. The lowest BCUT2D eigenvalue weighted by atomic mass is 10.3. The molecule has 0 radical (unpaired) electrons. The zero-order valence-electron chi connectivity index (χ0n) is 10.3. The van der Waals surface area contributed by atoms with Gasteiger partial charge in [-0.3, -0.25) is 4.21 Å². The van der Waals surface area contributed by atoms with Crippen LogP contribution >= 0.6 is 15.9 Å². The van der Waals surface area contributed by atoms with Crippen LogP contribution in [0.5, 0.6) is 0 Å². The summed E-state index contributed by atoms with van der Waals surface area (Å²) in [7, 11) is -0.754. The van der Waals surface area contributed by atoms with Crippen molar-refractivity contribution in [1.29, 1.82) is 0 Å². The Morgan fingerprint density at radius 3 is 3.06 bits per heavy atom. The van der Waals surface area contributed by atoms with Gasteiger partial charge >= 0.3 is 0 Å². The average molecular weight is 331 g/mol. The average Bonchev–Trinajstić information content (AvgIpc) is 2.67. The second-order valence-corrected chi connectivity index (χ2v) is 6.67. The minimum atomic E-state index is -0.754. The van der Waals surface area contributed by atoms with Crippen LogP contribution in [0, 0.1) is 0 Å². The van der Waals surface area contributed by atoms with Crippen LogP contribution in [0.2, 0.25) is 0 Å². The van der Waals surface area contributed by atoms with Crippen molar-refractivity contribution in [2.24, 2.45) is 0 Å². The second kappa shape index (κ2) is 5.79. The minimum absolute atomic E-state index is 0.203. The zero-order valence-corrected chi connectivity index (χ0v) is 12.7. The van der Waals surface area contributed by atoms with Gasteiger partial charge in [0.2, 0.25) is 5.95 Å². The zero-order chi connectivity index (χ0) is 13.1. The molecular formula is C11H15BrN4OS. The first-order valence-electron chi connectivity index (χ1n) is 5.63. The molecular weight excluding hydrogens is 316 g/mol. The van der Waals surface area contributed by atoms with Gasteiger partial charge in [0.1, 0.15) is 0 Å². The van der Waals surface area contributed by atoms with E-state index in [1.165, 1.54) is 0 Å². The van der Waals surface area contributed by atoms with Gasteiger partial charge in [-0.15, -0.1) is 5.10 Å². The molecule has 7 heteroatoms. The molecule has 0 saturated carbocycles. The fourth-order valence-corrected chi connectivity index (χ4v) is 2.57. The highest BCUT2D eigenvalue weighted by Gasteiger charge is 2.08. The Morgan fingerprint density at radius 2 is 2.33 bits per heavy atom. The molecule has 18 heavy (non-hydrogen) atoms. The van der Waals surface area contributed by atoms with Crippen LogP contribution in [0.25, 0.3) is 5.65 Å². The number of nitrogens with zero attached hydrogens (tertiary/aromatic N) is 3. The first-order chi connectivity index (χ1) is 8.54. The van der Waals surface area contributed by atoms with Crippen molar-refractivity contribution in [2.75, 3.05) is 17.3 Å². The maximum absolute atomic E-state index is 11.0. The third-order valence-electron chi connectivity index (χ3n) is 2.51. The Kier molecular flexibility index (Phi) is 4.34. The Labute approximate surface area is 117 Å². The number of anilines is 1. The van der Waals surface area contributed by atoms with Crippen LogP contribution in [0.15, 0.2) is 22.8 Å². The summed E-state index contributed by atoms with van der Waals surface area (Å²) in [6, 6.07) is 4.03. The number of halogens is 1. The first-order valence-corrected chi connectivity index (χ1v) is 8.15. The molecule has 2 aromatic heterocycles. The van der Waals surface area contributed by atoms with Crippen LogP contribution in [0.4, 0.5) is 5.95 Å². The molecule has 98 valence electrons. The monoisotopic (exact) mass is 330 g/mol. The molecule has 5 nitrogen and oxygen atoms in total. The predicted molar refractivity (Wildman–Crippen MR) is 77.3 cm³/mol. The number of nitrogens with one attached hydrogen (secondary N) is 1. The third kappa shape index (κ3) is 3.52. The molecule has 0 bridgehead atoms. The van der Waals surface area contributed by atoms with Gasteiger partial charge in [-0.1, -0.05) is 0 Å². The summed E-state index contributed by atoms with van der Waals surface area (Å²) < 4.78 is 13.7. The highest BCUT2D eigenvalue weighted by molar-refractivity contribution is 9.10. The van der Waals surface area contributed by atoms with E-state index in [0.717, 1.165) is 16.5 Å². The largest absolute Gasteiger partial charge is 0.350 e. The summed E-state index contributed by atoms with van der Waals surface area (Å²) in [5.74, 6) is 1.29. The van der Waals surface area contributed by atoms with Gasteiger partial charge in [0.25, 0.3) is 0 Å². The number of rotatable bonds is 5. The Morgan fingerprint density at radius 1 is 1.56 bits per heavy atom. The van der Waals surface area contributed by atoms with Crippen molar-refractivity contribution in [1.82, 2.24) is 14.6 Å². The Balaban J connectivity index is 2.05. The smallest absolute Gasteiger partial charge is 0.243 e. The van der Waals surface area contributed by atoms with E-state index in [0.29, 0.717) is 11.7 Å². The maximum Gasteiger partial charge on any atom is 0.243 e. The van der Waals surface area contributed by atoms with Crippen LogP contribution < -0.4 is 5.32 Å². The lowest BCUT2D eigenvalue weighted by Crippen LogP contribution is -2.18. The molecule has 2 atom stereocenters. The minimum Gasteiger partial charge on any atom is -0.350 e. The molecule has 2 unspecified atom stereocenters. The van der Waals surface area contributed by atoms with E-state index in [1.54, 1.807) is 10.8 Å². The SMILES string of the molecule is CC(CCS(C)=O)Nc1nc2ccc(Br)cn2n1. The quantitative estimate of drug-likeness (QED) is 0.911. The van der Waals surface area contributed by atoms with Gasteiger partial charge in [-0.25, -0.2) is 4.52 Å². The Hall–Kier alpha value is -0.950. The van der Waals surface area contributed by atoms with E-state index < -0.39 is 10.8 Å². The summed E-state index contributed by atoms with van der Waals surface area (Å²) >= 11 is 3.39. The Bertz CT molecular complexity index is 571. The van der Waals surface area contributed by atoms with Gasteiger partial charge in [-0.2, -0.15) is 4.98 Å². The van der Waals surface area contributed by atoms with Crippen molar-refractivity contribution in [3.8, 4) is 0 Å². The van der Waals surface area contributed by atoms with Gasteiger partial charge in [-0.05, 0) is 41.4 Å². The fraction of sp³-hybridized carbons (Fsp3) is 0.455. The lowest BCUT2D eigenvalue weighted by molar-refractivity contribution is 0.677. The highest BCUT2D eigenvalue weighted by atomic mass is 79.9. The van der Waals surface area contributed by atoms with Crippen molar-refractivity contribution in [2.45, 2.75) is 19.4 Å². The van der Waals surface area contributed by atoms with Crippen LogP contribution in [0.3, 0.4) is 0 Å². The highest BCUT2D eigenvalue weighted by Crippen LogP contribution is 2.13. The first kappa shape index (κ1) is 13.5. The number of fused-ring (bicyclic) bond motifs is 1. The molecule has 0 spiro atoms. The molecule has 0 saturated heterocycles. The second-order valence-electron chi connectivity index (χ2n) is 4.20. The van der Waals surface area contributed by atoms with Crippen molar-refractivity contribution >= 4 is 38.3 Å². The molecule has 0 fully saturated rings. The van der Waals surface area contributed by atoms with Crippen LogP contribution in [-0.4, -0.2) is 36.9 Å². The molecule has 2 aromatic rings. The van der Waals surface area contributed by atoms with E-state index in [4.69, 9.17) is 0 Å². The predicted octanol–water partition coefficient (Wildman–Crippen LogP) is 2.06. The molecule has 0 aliphatic heterocycles. The fourth-order valence-electron chi connectivity index (χ4n) is 1.55. The van der Waals surface area contributed by atoms with Gasteiger partial charge in [0, 0.05) is 39.5 Å². The summed E-state index contributed by atoms with van der Waals surface area (Å²) in [5, 5.41) is 7.54. The van der Waals surface area contributed by atoms with E-state index in [1.807, 2.05) is 25.3 Å². The number of aromatic nitrogens is 3. The molecule has 0 aliphatic rings. The number of hydrogen-bond acceptors (Lipinski definition) is 4. The van der Waals surface area contributed by atoms with Gasteiger partial charge in [0.05, 0.1) is 0 Å². The summed E-state index contributed by atoms with van der Waals surface area (Å²) in [6.45, 7) is 2.04. The molecule has 2 heterocycles. The lowest BCUT2D eigenvalue weighted by Gasteiger charge is -2.10. The normalized spacial score (nSPS) is 14.6. The summed E-state index contributed by atoms with van der Waals surface area (Å²) in [5.41, 5.74) is 0.798. The van der Waals surface area contributed by atoms with Crippen molar-refractivity contribution in [3.05, 3.63) is 22.8 Å². The van der Waals surface area contributed by atoms with Crippen LogP contribution in [0.1, 0.15) is 13.3 Å². The molecule has 1 N–H and O–H groups in total. The van der Waals surface area contributed by atoms with Crippen LogP contribution in [-0.2, 0) is 10.8 Å². The topological polar surface area (TPSA) is 59.3 Å². The van der Waals surface area contributed by atoms with E-state index in [9.17, 15) is 4.21 Å². The standard InChI is InChI=1S/C11H15BrN4OS/c1-8(5-6-18(2)17)13-11-14-10-4-3-9(12)7-16(10)15-11/h3-4,7-8H,5-6H2,1-2H3,(H,13,15).